The molecule has 1 aliphatic rings. The summed E-state index contributed by atoms with van der Waals surface area (Å²) >= 11 is 1.64. The van der Waals surface area contributed by atoms with E-state index in [2.05, 4.69) is 0 Å². The van der Waals surface area contributed by atoms with Crippen molar-refractivity contribution in [1.29, 1.82) is 0 Å². The van der Waals surface area contributed by atoms with E-state index < -0.39 is 9.84 Å². The van der Waals surface area contributed by atoms with Crippen molar-refractivity contribution in [2.24, 2.45) is 5.92 Å². The van der Waals surface area contributed by atoms with Crippen LogP contribution in [0.3, 0.4) is 0 Å². The van der Waals surface area contributed by atoms with Crippen LogP contribution in [0.25, 0.3) is 0 Å². The lowest BCUT2D eigenvalue weighted by molar-refractivity contribution is -0.120. The Hall–Kier alpha value is -0.0300. The SMILES string of the molecule is CS(=O)(=O)CCSCCC1CCCC1=O. The minimum Gasteiger partial charge on any atom is -0.299 e. The van der Waals surface area contributed by atoms with Crippen LogP contribution in [0.1, 0.15) is 25.7 Å². The largest absolute Gasteiger partial charge is 0.299 e. The van der Waals surface area contributed by atoms with Gasteiger partial charge in [-0.25, -0.2) is 8.42 Å². The minimum atomic E-state index is -2.82. The minimum absolute atomic E-state index is 0.246. The molecule has 0 aromatic carbocycles. The lowest BCUT2D eigenvalue weighted by Crippen LogP contribution is -2.09. The second-order valence-corrected chi connectivity index (χ2v) is 7.57. The molecule has 1 unspecified atom stereocenters. The summed E-state index contributed by atoms with van der Waals surface area (Å²) < 4.78 is 21.7. The van der Waals surface area contributed by atoms with Crippen LogP contribution in [0.15, 0.2) is 0 Å². The smallest absolute Gasteiger partial charge is 0.148 e. The Morgan fingerprint density at radius 2 is 2.13 bits per heavy atom. The number of rotatable bonds is 6. The number of hydrogen-bond acceptors (Lipinski definition) is 4. The average Bonchev–Trinajstić information content (AvgIpc) is 2.49. The van der Waals surface area contributed by atoms with E-state index in [4.69, 9.17) is 0 Å². The number of Topliss-reactive ketones (excluding diaryl/α,β-unsaturated/α-hetero) is 1. The van der Waals surface area contributed by atoms with E-state index in [1.165, 1.54) is 6.26 Å². The van der Waals surface area contributed by atoms with E-state index in [-0.39, 0.29) is 11.7 Å². The highest BCUT2D eigenvalue weighted by Crippen LogP contribution is 2.25. The van der Waals surface area contributed by atoms with Crippen molar-refractivity contribution in [2.75, 3.05) is 23.5 Å². The lowest BCUT2D eigenvalue weighted by Gasteiger charge is -2.06. The molecule has 0 heterocycles. The molecule has 1 saturated carbocycles. The summed E-state index contributed by atoms with van der Waals surface area (Å²) in [5.41, 5.74) is 0. The summed E-state index contributed by atoms with van der Waals surface area (Å²) in [6.45, 7) is 0. The molecule has 1 atom stereocenters. The number of hydrogen-bond donors (Lipinski definition) is 0. The topological polar surface area (TPSA) is 51.2 Å². The zero-order valence-corrected chi connectivity index (χ0v) is 10.7. The van der Waals surface area contributed by atoms with E-state index in [9.17, 15) is 13.2 Å². The molecule has 1 rings (SSSR count). The fourth-order valence-electron chi connectivity index (χ4n) is 1.73. The fourth-order valence-corrected chi connectivity index (χ4v) is 4.07. The Kier molecular flexibility index (Phi) is 5.12. The highest BCUT2D eigenvalue weighted by molar-refractivity contribution is 8.00. The van der Waals surface area contributed by atoms with E-state index in [0.29, 0.717) is 11.5 Å². The highest BCUT2D eigenvalue weighted by atomic mass is 32.2. The molecule has 0 N–H and O–H groups in total. The van der Waals surface area contributed by atoms with Gasteiger partial charge in [0.25, 0.3) is 0 Å². The first-order chi connectivity index (χ1) is 6.99. The summed E-state index contributed by atoms with van der Waals surface area (Å²) in [6, 6.07) is 0. The molecule has 0 radical (unpaired) electrons. The van der Waals surface area contributed by atoms with Gasteiger partial charge in [0.15, 0.2) is 0 Å². The van der Waals surface area contributed by atoms with Gasteiger partial charge in [0.2, 0.25) is 0 Å². The van der Waals surface area contributed by atoms with Gasteiger partial charge >= 0.3 is 0 Å². The predicted octanol–water partition coefficient (Wildman–Crippen LogP) is 1.52. The molecule has 1 fully saturated rings. The molecule has 0 aliphatic heterocycles. The standard InChI is InChI=1S/C10H18O3S2/c1-15(12,13)8-7-14-6-5-9-3-2-4-10(9)11/h9H,2-8H2,1H3. The molecular formula is C10H18O3S2. The monoisotopic (exact) mass is 250 g/mol. The summed E-state index contributed by atoms with van der Waals surface area (Å²) in [6.07, 6.45) is 5.00. The molecule has 0 spiro atoms. The third kappa shape index (κ3) is 5.56. The van der Waals surface area contributed by atoms with Crippen LogP contribution in [0.2, 0.25) is 0 Å². The molecule has 1 aliphatic carbocycles. The van der Waals surface area contributed by atoms with E-state index >= 15 is 0 Å². The first-order valence-electron chi connectivity index (χ1n) is 5.27. The average molecular weight is 250 g/mol. The van der Waals surface area contributed by atoms with Gasteiger partial charge in [-0.15, -0.1) is 0 Å². The zero-order chi connectivity index (χ0) is 11.3. The summed E-state index contributed by atoms with van der Waals surface area (Å²) in [5, 5.41) is 0. The Balaban J connectivity index is 2.04. The van der Waals surface area contributed by atoms with Gasteiger partial charge in [0.05, 0.1) is 5.75 Å². The lowest BCUT2D eigenvalue weighted by atomic mass is 10.1. The molecule has 3 nitrogen and oxygen atoms in total. The van der Waals surface area contributed by atoms with Gasteiger partial charge in [-0.3, -0.25) is 4.79 Å². The van der Waals surface area contributed by atoms with E-state index in [1.807, 2.05) is 0 Å². The molecule has 0 saturated heterocycles. The Bertz CT molecular complexity index is 309. The first-order valence-corrected chi connectivity index (χ1v) is 8.49. The maximum absolute atomic E-state index is 11.3. The molecule has 15 heavy (non-hydrogen) atoms. The van der Waals surface area contributed by atoms with Crippen LogP contribution < -0.4 is 0 Å². The van der Waals surface area contributed by atoms with Crippen molar-refractivity contribution >= 4 is 27.4 Å². The van der Waals surface area contributed by atoms with E-state index in [1.54, 1.807) is 11.8 Å². The Labute approximate surface area is 95.9 Å². The van der Waals surface area contributed by atoms with Crippen LogP contribution >= 0.6 is 11.8 Å². The van der Waals surface area contributed by atoms with E-state index in [0.717, 1.165) is 31.4 Å². The van der Waals surface area contributed by atoms with Gasteiger partial charge in [-0.1, -0.05) is 0 Å². The molecule has 0 aromatic rings. The van der Waals surface area contributed by atoms with Crippen molar-refractivity contribution in [3.05, 3.63) is 0 Å². The molecule has 0 bridgehead atoms. The summed E-state index contributed by atoms with van der Waals surface area (Å²) in [7, 11) is -2.82. The van der Waals surface area contributed by atoms with Crippen molar-refractivity contribution in [3.63, 3.8) is 0 Å². The normalized spacial score (nSPS) is 22.2. The maximum atomic E-state index is 11.3. The molecule has 88 valence electrons. The predicted molar refractivity (Wildman–Crippen MR) is 64.0 cm³/mol. The summed E-state index contributed by atoms with van der Waals surface area (Å²) in [4.78, 5) is 11.3. The van der Waals surface area contributed by atoms with Crippen LogP contribution in [-0.4, -0.2) is 37.7 Å². The molecule has 5 heteroatoms. The van der Waals surface area contributed by atoms with Crippen LogP contribution in [0.5, 0.6) is 0 Å². The van der Waals surface area contributed by atoms with Crippen LogP contribution in [-0.2, 0) is 14.6 Å². The molecule has 0 aromatic heterocycles. The quantitative estimate of drug-likeness (QED) is 0.671. The number of carbonyl (C=O) groups is 1. The second-order valence-electron chi connectivity index (χ2n) is 4.09. The summed E-state index contributed by atoms with van der Waals surface area (Å²) in [5.74, 6) is 2.47. The van der Waals surface area contributed by atoms with Gasteiger partial charge in [0, 0.05) is 24.3 Å². The van der Waals surface area contributed by atoms with Gasteiger partial charge in [-0.05, 0) is 25.0 Å². The maximum Gasteiger partial charge on any atom is 0.148 e. The van der Waals surface area contributed by atoms with Crippen molar-refractivity contribution in [2.45, 2.75) is 25.7 Å². The first kappa shape index (κ1) is 13.0. The van der Waals surface area contributed by atoms with Gasteiger partial charge in [0.1, 0.15) is 15.6 Å². The zero-order valence-electron chi connectivity index (χ0n) is 9.07. The number of thioether (sulfide) groups is 1. The number of carbonyl (C=O) groups excluding carboxylic acids is 1. The van der Waals surface area contributed by atoms with Crippen molar-refractivity contribution in [3.8, 4) is 0 Å². The van der Waals surface area contributed by atoms with Crippen molar-refractivity contribution in [1.82, 2.24) is 0 Å². The molecule has 0 amide bonds. The molecular weight excluding hydrogens is 232 g/mol. The van der Waals surface area contributed by atoms with Crippen LogP contribution in [0, 0.1) is 5.92 Å². The third-order valence-electron chi connectivity index (χ3n) is 2.64. The second kappa shape index (κ2) is 5.89. The highest BCUT2D eigenvalue weighted by Gasteiger charge is 2.23. The number of ketones is 1. The van der Waals surface area contributed by atoms with Gasteiger partial charge < -0.3 is 0 Å². The fraction of sp³-hybridized carbons (Fsp3) is 0.900. The van der Waals surface area contributed by atoms with Crippen molar-refractivity contribution < 1.29 is 13.2 Å². The number of sulfone groups is 1. The van der Waals surface area contributed by atoms with Gasteiger partial charge in [-0.2, -0.15) is 11.8 Å². The third-order valence-corrected chi connectivity index (χ3v) is 4.86. The Morgan fingerprint density at radius 3 is 2.67 bits per heavy atom. The van der Waals surface area contributed by atoms with Crippen LogP contribution in [0.4, 0.5) is 0 Å². The Morgan fingerprint density at radius 1 is 1.40 bits per heavy atom.